The van der Waals surface area contributed by atoms with E-state index in [4.69, 9.17) is 4.74 Å². The van der Waals surface area contributed by atoms with E-state index in [1.807, 2.05) is 0 Å². The Morgan fingerprint density at radius 1 is 1.23 bits per heavy atom. The minimum absolute atomic E-state index is 0.423. The number of alkyl halides is 1. The zero-order valence-electron chi connectivity index (χ0n) is 9.24. The summed E-state index contributed by atoms with van der Waals surface area (Å²) in [5, 5.41) is 1.08. The van der Waals surface area contributed by atoms with E-state index in [9.17, 15) is 0 Å². The first-order chi connectivity index (χ1) is 6.18. The lowest BCUT2D eigenvalue weighted by atomic mass is 9.87. The van der Waals surface area contributed by atoms with Crippen LogP contribution >= 0.6 is 15.9 Å². The Bertz CT molecular complexity index is 111. The summed E-state index contributed by atoms with van der Waals surface area (Å²) in [6.07, 6.45) is 4.80. The first-order valence-electron chi connectivity index (χ1n) is 5.32. The third kappa shape index (κ3) is 6.50. The van der Waals surface area contributed by atoms with Gasteiger partial charge >= 0.3 is 0 Å². The van der Waals surface area contributed by atoms with Gasteiger partial charge in [0, 0.05) is 18.5 Å². The van der Waals surface area contributed by atoms with Gasteiger partial charge in [0.15, 0.2) is 0 Å². The third-order valence-corrected chi connectivity index (χ3v) is 4.02. The third-order valence-electron chi connectivity index (χ3n) is 2.67. The summed E-state index contributed by atoms with van der Waals surface area (Å²) in [4.78, 5) is 0. The van der Waals surface area contributed by atoms with Crippen LogP contribution in [0, 0.1) is 5.41 Å². The van der Waals surface area contributed by atoms with Gasteiger partial charge in [0.25, 0.3) is 0 Å². The van der Waals surface area contributed by atoms with Crippen LogP contribution in [0.15, 0.2) is 0 Å². The largest absolute Gasteiger partial charge is 0.381 e. The summed E-state index contributed by atoms with van der Waals surface area (Å²) < 4.78 is 5.55. The SMILES string of the molecule is CCCCOCCC(C)(CC)CBr. The number of ether oxygens (including phenoxy) is 1. The average molecular weight is 251 g/mol. The molecule has 80 valence electrons. The normalized spacial score (nSPS) is 15.7. The second kappa shape index (κ2) is 7.81. The fourth-order valence-corrected chi connectivity index (χ4v) is 1.68. The van der Waals surface area contributed by atoms with Crippen LogP contribution in [0.1, 0.15) is 46.5 Å². The van der Waals surface area contributed by atoms with Gasteiger partial charge in [-0.05, 0) is 24.7 Å². The highest BCUT2D eigenvalue weighted by Gasteiger charge is 2.19. The molecule has 0 heterocycles. The van der Waals surface area contributed by atoms with Gasteiger partial charge in [-0.1, -0.05) is 43.1 Å². The first-order valence-corrected chi connectivity index (χ1v) is 6.44. The maximum atomic E-state index is 5.55. The van der Waals surface area contributed by atoms with Crippen molar-refractivity contribution in [2.24, 2.45) is 5.41 Å². The molecule has 0 fully saturated rings. The molecule has 0 spiro atoms. The molecule has 13 heavy (non-hydrogen) atoms. The summed E-state index contributed by atoms with van der Waals surface area (Å²) in [5.41, 5.74) is 0.423. The number of rotatable bonds is 8. The van der Waals surface area contributed by atoms with E-state index in [-0.39, 0.29) is 0 Å². The molecule has 1 atom stereocenters. The second-order valence-corrected chi connectivity index (χ2v) is 4.57. The van der Waals surface area contributed by atoms with E-state index < -0.39 is 0 Å². The molecule has 0 aromatic heterocycles. The van der Waals surface area contributed by atoms with Crippen molar-refractivity contribution in [1.29, 1.82) is 0 Å². The van der Waals surface area contributed by atoms with Gasteiger partial charge < -0.3 is 4.74 Å². The van der Waals surface area contributed by atoms with Crippen LogP contribution < -0.4 is 0 Å². The van der Waals surface area contributed by atoms with Crippen molar-refractivity contribution >= 4 is 15.9 Å². The maximum absolute atomic E-state index is 5.55. The molecule has 0 aliphatic carbocycles. The van der Waals surface area contributed by atoms with E-state index >= 15 is 0 Å². The molecule has 0 aliphatic heterocycles. The Balaban J connectivity index is 3.39. The molecule has 0 saturated heterocycles. The van der Waals surface area contributed by atoms with E-state index in [0.29, 0.717) is 5.41 Å². The van der Waals surface area contributed by atoms with Gasteiger partial charge in [0.2, 0.25) is 0 Å². The van der Waals surface area contributed by atoms with Crippen molar-refractivity contribution in [3.63, 3.8) is 0 Å². The molecule has 0 saturated carbocycles. The number of halogens is 1. The molecule has 0 amide bonds. The summed E-state index contributed by atoms with van der Waals surface area (Å²) in [6, 6.07) is 0. The molecule has 0 rings (SSSR count). The quantitative estimate of drug-likeness (QED) is 0.468. The van der Waals surface area contributed by atoms with Gasteiger partial charge in [-0.2, -0.15) is 0 Å². The van der Waals surface area contributed by atoms with Crippen molar-refractivity contribution in [3.8, 4) is 0 Å². The summed E-state index contributed by atoms with van der Waals surface area (Å²) >= 11 is 3.56. The highest BCUT2D eigenvalue weighted by atomic mass is 79.9. The van der Waals surface area contributed by atoms with Crippen molar-refractivity contribution in [1.82, 2.24) is 0 Å². The van der Waals surface area contributed by atoms with Crippen LogP contribution in [0.2, 0.25) is 0 Å². The fourth-order valence-electron chi connectivity index (χ4n) is 1.01. The Labute approximate surface area is 91.4 Å². The Hall–Kier alpha value is 0.440. The number of unbranched alkanes of at least 4 members (excludes halogenated alkanes) is 1. The number of hydrogen-bond donors (Lipinski definition) is 0. The standard InChI is InChI=1S/C11H23BrO/c1-4-6-8-13-9-7-11(3,5-2)10-12/h4-10H2,1-3H3. The zero-order valence-corrected chi connectivity index (χ0v) is 10.8. The molecule has 0 aromatic carbocycles. The molecular weight excluding hydrogens is 228 g/mol. The van der Waals surface area contributed by atoms with Gasteiger partial charge in [0.05, 0.1) is 0 Å². The molecule has 0 aliphatic rings. The minimum Gasteiger partial charge on any atom is -0.381 e. The van der Waals surface area contributed by atoms with Gasteiger partial charge in [-0.3, -0.25) is 0 Å². The summed E-state index contributed by atoms with van der Waals surface area (Å²) in [7, 11) is 0. The van der Waals surface area contributed by atoms with E-state index in [1.54, 1.807) is 0 Å². The predicted molar refractivity (Wildman–Crippen MR) is 62.5 cm³/mol. The average Bonchev–Trinajstić information content (AvgIpc) is 2.17. The summed E-state index contributed by atoms with van der Waals surface area (Å²) in [5.74, 6) is 0. The lowest BCUT2D eigenvalue weighted by Crippen LogP contribution is -2.19. The molecule has 1 nitrogen and oxygen atoms in total. The van der Waals surface area contributed by atoms with Crippen molar-refractivity contribution in [3.05, 3.63) is 0 Å². The lowest BCUT2D eigenvalue weighted by Gasteiger charge is -2.25. The van der Waals surface area contributed by atoms with Crippen molar-refractivity contribution in [2.45, 2.75) is 46.5 Å². The minimum atomic E-state index is 0.423. The van der Waals surface area contributed by atoms with Crippen molar-refractivity contribution < 1.29 is 4.74 Å². The van der Waals surface area contributed by atoms with Crippen molar-refractivity contribution in [2.75, 3.05) is 18.5 Å². The maximum Gasteiger partial charge on any atom is 0.0471 e. The molecule has 0 aromatic rings. The van der Waals surface area contributed by atoms with E-state index in [0.717, 1.165) is 18.5 Å². The van der Waals surface area contributed by atoms with Crippen LogP contribution in [0.25, 0.3) is 0 Å². The highest BCUT2D eigenvalue weighted by molar-refractivity contribution is 9.09. The fraction of sp³-hybridized carbons (Fsp3) is 1.00. The Kier molecular flexibility index (Phi) is 8.07. The topological polar surface area (TPSA) is 9.23 Å². The highest BCUT2D eigenvalue weighted by Crippen LogP contribution is 2.27. The molecule has 2 heteroatoms. The smallest absolute Gasteiger partial charge is 0.0471 e. The zero-order chi connectivity index (χ0) is 10.2. The van der Waals surface area contributed by atoms with Crippen LogP contribution in [-0.2, 0) is 4.74 Å². The molecule has 0 N–H and O–H groups in total. The van der Waals surface area contributed by atoms with Crippen LogP contribution in [0.4, 0.5) is 0 Å². The van der Waals surface area contributed by atoms with E-state index in [2.05, 4.69) is 36.7 Å². The van der Waals surface area contributed by atoms with Crippen LogP contribution in [0.5, 0.6) is 0 Å². The molecular formula is C11H23BrO. The van der Waals surface area contributed by atoms with Gasteiger partial charge in [-0.25, -0.2) is 0 Å². The van der Waals surface area contributed by atoms with Gasteiger partial charge in [0.1, 0.15) is 0 Å². The Morgan fingerprint density at radius 3 is 2.38 bits per heavy atom. The first kappa shape index (κ1) is 13.4. The molecule has 0 radical (unpaired) electrons. The van der Waals surface area contributed by atoms with Crippen LogP contribution in [-0.4, -0.2) is 18.5 Å². The molecule has 0 bridgehead atoms. The predicted octanol–water partition coefficient (Wildman–Crippen LogP) is 4.00. The monoisotopic (exact) mass is 250 g/mol. The molecule has 1 unspecified atom stereocenters. The van der Waals surface area contributed by atoms with Gasteiger partial charge in [-0.15, -0.1) is 0 Å². The lowest BCUT2D eigenvalue weighted by molar-refractivity contribution is 0.102. The van der Waals surface area contributed by atoms with E-state index in [1.165, 1.54) is 25.7 Å². The van der Waals surface area contributed by atoms with Crippen LogP contribution in [0.3, 0.4) is 0 Å². The summed E-state index contributed by atoms with van der Waals surface area (Å²) in [6.45, 7) is 8.59. The Morgan fingerprint density at radius 2 is 1.92 bits per heavy atom. The second-order valence-electron chi connectivity index (χ2n) is 4.01. The number of hydrogen-bond acceptors (Lipinski definition) is 1.